The van der Waals surface area contributed by atoms with E-state index in [1.54, 1.807) is 0 Å². The van der Waals surface area contributed by atoms with Crippen molar-refractivity contribution >= 4 is 11.7 Å². The molecule has 0 fully saturated rings. The maximum absolute atomic E-state index is 10.8. The van der Waals surface area contributed by atoms with Crippen molar-refractivity contribution in [3.05, 3.63) is 29.8 Å². The Kier molecular flexibility index (Phi) is 5.61. The summed E-state index contributed by atoms with van der Waals surface area (Å²) in [5.74, 6) is -0.240. The number of nitrogens with zero attached hydrogens (tertiary/aromatic N) is 1. The first-order valence-electron chi connectivity index (χ1n) is 7.27. The molecule has 0 saturated heterocycles. The number of carboxylic acid groups (broad SMARTS) is 1. The number of anilines is 1. The second-order valence-electron chi connectivity index (χ2n) is 6.78. The fourth-order valence-corrected chi connectivity index (χ4v) is 2.17. The summed E-state index contributed by atoms with van der Waals surface area (Å²) in [6.07, 6.45) is 0.174. The minimum Gasteiger partial charge on any atom is -0.481 e. The van der Waals surface area contributed by atoms with Crippen molar-refractivity contribution in [1.82, 2.24) is 0 Å². The van der Waals surface area contributed by atoms with Crippen LogP contribution in [0.2, 0.25) is 0 Å². The lowest BCUT2D eigenvalue weighted by Crippen LogP contribution is -2.30. The highest BCUT2D eigenvalue weighted by Crippen LogP contribution is 2.25. The van der Waals surface area contributed by atoms with Crippen LogP contribution in [0, 0.1) is 5.92 Å². The fourth-order valence-electron chi connectivity index (χ4n) is 2.17. The van der Waals surface area contributed by atoms with E-state index in [2.05, 4.69) is 63.8 Å². The zero-order valence-corrected chi connectivity index (χ0v) is 13.3. The lowest BCUT2D eigenvalue weighted by atomic mass is 9.87. The van der Waals surface area contributed by atoms with E-state index in [4.69, 9.17) is 5.11 Å². The van der Waals surface area contributed by atoms with Gasteiger partial charge in [-0.05, 0) is 29.0 Å². The van der Waals surface area contributed by atoms with Gasteiger partial charge in [0.25, 0.3) is 0 Å². The van der Waals surface area contributed by atoms with Crippen LogP contribution in [0.25, 0.3) is 0 Å². The molecule has 0 heterocycles. The van der Waals surface area contributed by atoms with Crippen molar-refractivity contribution in [2.24, 2.45) is 5.92 Å². The van der Waals surface area contributed by atoms with E-state index in [0.29, 0.717) is 12.5 Å². The first-order valence-corrected chi connectivity index (χ1v) is 7.27. The van der Waals surface area contributed by atoms with Gasteiger partial charge in [-0.3, -0.25) is 4.79 Å². The van der Waals surface area contributed by atoms with E-state index in [9.17, 15) is 4.79 Å². The highest BCUT2D eigenvalue weighted by Gasteiger charge is 2.15. The highest BCUT2D eigenvalue weighted by atomic mass is 16.4. The van der Waals surface area contributed by atoms with Crippen LogP contribution in [0.1, 0.15) is 46.6 Å². The first kappa shape index (κ1) is 16.5. The molecule has 1 rings (SSSR count). The van der Waals surface area contributed by atoms with Gasteiger partial charge < -0.3 is 10.0 Å². The van der Waals surface area contributed by atoms with Crippen LogP contribution >= 0.6 is 0 Å². The molecule has 112 valence electrons. The van der Waals surface area contributed by atoms with E-state index in [0.717, 1.165) is 12.2 Å². The van der Waals surface area contributed by atoms with Gasteiger partial charge in [0.2, 0.25) is 0 Å². The molecule has 1 aromatic rings. The summed E-state index contributed by atoms with van der Waals surface area (Å²) in [6, 6.07) is 8.49. The molecule has 1 N–H and O–H groups in total. The molecular weight excluding hydrogens is 250 g/mol. The van der Waals surface area contributed by atoms with Gasteiger partial charge in [0.1, 0.15) is 0 Å². The van der Waals surface area contributed by atoms with Crippen LogP contribution in [0.15, 0.2) is 24.3 Å². The standard InChI is InChI=1S/C17H27NO2/c1-13(2)12-18(11-10-16(19)20)15-8-6-14(7-9-15)17(3,4)5/h6-9,13H,10-12H2,1-5H3,(H,19,20). The summed E-state index contributed by atoms with van der Waals surface area (Å²) < 4.78 is 0. The van der Waals surface area contributed by atoms with Crippen LogP contribution in [-0.2, 0) is 10.2 Å². The molecule has 3 heteroatoms. The van der Waals surface area contributed by atoms with Crippen LogP contribution in [-0.4, -0.2) is 24.2 Å². The van der Waals surface area contributed by atoms with Gasteiger partial charge in [-0.25, -0.2) is 0 Å². The Labute approximate surface area is 122 Å². The monoisotopic (exact) mass is 277 g/mol. The molecule has 0 spiro atoms. The molecule has 0 bridgehead atoms. The molecule has 0 aliphatic carbocycles. The van der Waals surface area contributed by atoms with Crippen LogP contribution in [0.3, 0.4) is 0 Å². The summed E-state index contributed by atoms with van der Waals surface area (Å²) in [5, 5.41) is 8.87. The molecule has 0 aromatic heterocycles. The minimum absolute atomic E-state index is 0.141. The predicted octanol–water partition coefficient (Wildman–Crippen LogP) is 3.92. The molecule has 0 radical (unpaired) electrons. The van der Waals surface area contributed by atoms with E-state index in [1.165, 1.54) is 5.56 Å². The van der Waals surface area contributed by atoms with Crippen molar-refractivity contribution in [3.8, 4) is 0 Å². The third-order valence-corrected chi connectivity index (χ3v) is 3.28. The predicted molar refractivity (Wildman–Crippen MR) is 84.4 cm³/mol. The highest BCUT2D eigenvalue weighted by molar-refractivity contribution is 5.67. The Bertz CT molecular complexity index is 429. The zero-order chi connectivity index (χ0) is 15.3. The summed E-state index contributed by atoms with van der Waals surface area (Å²) in [5.41, 5.74) is 2.54. The smallest absolute Gasteiger partial charge is 0.305 e. The molecule has 3 nitrogen and oxygen atoms in total. The molecule has 20 heavy (non-hydrogen) atoms. The molecule has 0 amide bonds. The number of aliphatic carboxylic acids is 1. The molecule has 0 atom stereocenters. The van der Waals surface area contributed by atoms with Crippen LogP contribution < -0.4 is 4.90 Å². The van der Waals surface area contributed by atoms with Gasteiger partial charge in [0.15, 0.2) is 0 Å². The Morgan fingerprint density at radius 3 is 2.15 bits per heavy atom. The summed E-state index contributed by atoms with van der Waals surface area (Å²) >= 11 is 0. The second kappa shape index (κ2) is 6.78. The Balaban J connectivity index is 2.87. The Hall–Kier alpha value is -1.51. The molecule has 0 aliphatic heterocycles. The maximum Gasteiger partial charge on any atom is 0.305 e. The van der Waals surface area contributed by atoms with Crippen molar-refractivity contribution in [3.63, 3.8) is 0 Å². The minimum atomic E-state index is -0.745. The number of hydrogen-bond acceptors (Lipinski definition) is 2. The molecule has 0 unspecified atom stereocenters. The van der Waals surface area contributed by atoms with E-state index < -0.39 is 5.97 Å². The summed E-state index contributed by atoms with van der Waals surface area (Å²) in [4.78, 5) is 12.9. The number of carbonyl (C=O) groups is 1. The van der Waals surface area contributed by atoms with Gasteiger partial charge >= 0.3 is 5.97 Å². The quantitative estimate of drug-likeness (QED) is 0.856. The number of benzene rings is 1. The summed E-state index contributed by atoms with van der Waals surface area (Å²) in [6.45, 7) is 12.3. The van der Waals surface area contributed by atoms with Crippen molar-refractivity contribution < 1.29 is 9.90 Å². The number of rotatable bonds is 6. The van der Waals surface area contributed by atoms with Gasteiger partial charge in [0, 0.05) is 18.8 Å². The Morgan fingerprint density at radius 2 is 1.75 bits per heavy atom. The van der Waals surface area contributed by atoms with Crippen molar-refractivity contribution in [2.45, 2.75) is 46.5 Å². The van der Waals surface area contributed by atoms with Gasteiger partial charge in [-0.15, -0.1) is 0 Å². The second-order valence-corrected chi connectivity index (χ2v) is 6.78. The molecular formula is C17H27NO2. The number of hydrogen-bond donors (Lipinski definition) is 1. The Morgan fingerprint density at radius 1 is 1.20 bits per heavy atom. The third-order valence-electron chi connectivity index (χ3n) is 3.28. The van der Waals surface area contributed by atoms with E-state index >= 15 is 0 Å². The average Bonchev–Trinajstić information content (AvgIpc) is 2.33. The van der Waals surface area contributed by atoms with Crippen LogP contribution in [0.4, 0.5) is 5.69 Å². The third kappa shape index (κ3) is 5.24. The first-order chi connectivity index (χ1) is 9.20. The average molecular weight is 277 g/mol. The van der Waals surface area contributed by atoms with Gasteiger partial charge in [0.05, 0.1) is 6.42 Å². The molecule has 0 aliphatic rings. The van der Waals surface area contributed by atoms with Crippen molar-refractivity contribution in [1.29, 1.82) is 0 Å². The van der Waals surface area contributed by atoms with Gasteiger partial charge in [-0.2, -0.15) is 0 Å². The lowest BCUT2D eigenvalue weighted by Gasteiger charge is -2.27. The molecule has 1 aromatic carbocycles. The topological polar surface area (TPSA) is 40.5 Å². The van der Waals surface area contributed by atoms with E-state index in [1.807, 2.05) is 0 Å². The normalized spacial score (nSPS) is 11.7. The number of carboxylic acids is 1. The SMILES string of the molecule is CC(C)CN(CCC(=O)O)c1ccc(C(C)(C)C)cc1. The summed E-state index contributed by atoms with van der Waals surface area (Å²) in [7, 11) is 0. The van der Waals surface area contributed by atoms with Crippen LogP contribution in [0.5, 0.6) is 0 Å². The van der Waals surface area contributed by atoms with Crippen molar-refractivity contribution in [2.75, 3.05) is 18.0 Å². The lowest BCUT2D eigenvalue weighted by molar-refractivity contribution is -0.136. The van der Waals surface area contributed by atoms with Gasteiger partial charge in [-0.1, -0.05) is 46.8 Å². The fraction of sp³-hybridized carbons (Fsp3) is 0.588. The maximum atomic E-state index is 10.8. The van der Waals surface area contributed by atoms with E-state index in [-0.39, 0.29) is 11.8 Å². The largest absolute Gasteiger partial charge is 0.481 e. The molecule has 0 saturated carbocycles. The zero-order valence-electron chi connectivity index (χ0n) is 13.3.